The average molecular weight is 266 g/mol. The van der Waals surface area contributed by atoms with Crippen LogP contribution in [-0.4, -0.2) is 18.1 Å². The van der Waals surface area contributed by atoms with Gasteiger partial charge in [0.05, 0.1) is 0 Å². The van der Waals surface area contributed by atoms with Gasteiger partial charge in [-0.3, -0.25) is 4.72 Å². The van der Waals surface area contributed by atoms with Gasteiger partial charge in [-0.15, -0.1) is 0 Å². The third kappa shape index (κ3) is 2.33. The van der Waals surface area contributed by atoms with E-state index in [1.807, 2.05) is 0 Å². The fraction of sp³-hybridized carbons (Fsp3) is 0.167. The zero-order valence-electron chi connectivity index (χ0n) is 10.1. The molecule has 6 heteroatoms. The van der Waals surface area contributed by atoms with Gasteiger partial charge in [0.25, 0.3) is 10.0 Å². The number of phenols is 1. The molecule has 2 N–H and O–H groups in total. The molecule has 2 rings (SSSR count). The highest BCUT2D eigenvalue weighted by atomic mass is 32.2. The highest BCUT2D eigenvalue weighted by Crippen LogP contribution is 2.22. The predicted octanol–water partition coefficient (Wildman–Crippen LogP) is 1.84. The Bertz CT molecular complexity index is 674. The van der Waals surface area contributed by atoms with Crippen molar-refractivity contribution in [2.24, 2.45) is 7.05 Å². The van der Waals surface area contributed by atoms with Gasteiger partial charge in [0, 0.05) is 18.9 Å². The van der Waals surface area contributed by atoms with Crippen molar-refractivity contribution in [2.75, 3.05) is 4.72 Å². The molecule has 0 aliphatic heterocycles. The van der Waals surface area contributed by atoms with E-state index in [2.05, 4.69) is 4.72 Å². The molecule has 5 nitrogen and oxygen atoms in total. The summed E-state index contributed by atoms with van der Waals surface area (Å²) in [6, 6.07) is 7.74. The van der Waals surface area contributed by atoms with Gasteiger partial charge in [0.2, 0.25) is 0 Å². The van der Waals surface area contributed by atoms with Crippen molar-refractivity contribution >= 4 is 15.7 Å². The van der Waals surface area contributed by atoms with E-state index >= 15 is 0 Å². The first-order chi connectivity index (χ1) is 8.40. The fourth-order valence-electron chi connectivity index (χ4n) is 1.65. The van der Waals surface area contributed by atoms with Gasteiger partial charge in [0.15, 0.2) is 5.03 Å². The lowest BCUT2D eigenvalue weighted by atomic mass is 10.2. The number of nitrogens with one attached hydrogen (secondary N) is 1. The minimum atomic E-state index is -3.60. The van der Waals surface area contributed by atoms with Crippen molar-refractivity contribution in [3.05, 3.63) is 42.1 Å². The molecule has 0 radical (unpaired) electrons. The summed E-state index contributed by atoms with van der Waals surface area (Å²) in [5, 5.41) is 9.58. The quantitative estimate of drug-likeness (QED) is 0.833. The van der Waals surface area contributed by atoms with Gasteiger partial charge in [0.1, 0.15) is 5.75 Å². The first-order valence-electron chi connectivity index (χ1n) is 5.34. The molecule has 0 atom stereocenters. The Morgan fingerprint density at radius 1 is 1.28 bits per heavy atom. The summed E-state index contributed by atoms with van der Waals surface area (Å²) >= 11 is 0. The van der Waals surface area contributed by atoms with Gasteiger partial charge < -0.3 is 9.67 Å². The SMILES string of the molecule is Cc1cc(NS(=O)(=O)c2cccn2C)ccc1O. The first-order valence-corrected chi connectivity index (χ1v) is 6.82. The van der Waals surface area contributed by atoms with Crippen LogP contribution in [0.1, 0.15) is 5.56 Å². The van der Waals surface area contributed by atoms with Crippen LogP contribution in [0.5, 0.6) is 5.75 Å². The highest BCUT2D eigenvalue weighted by Gasteiger charge is 2.17. The Morgan fingerprint density at radius 2 is 2.00 bits per heavy atom. The van der Waals surface area contributed by atoms with Crippen LogP contribution in [0.25, 0.3) is 0 Å². The maximum atomic E-state index is 12.1. The molecule has 96 valence electrons. The number of sulfonamides is 1. The summed E-state index contributed by atoms with van der Waals surface area (Å²) < 4.78 is 28.2. The van der Waals surface area contributed by atoms with E-state index in [0.29, 0.717) is 11.3 Å². The van der Waals surface area contributed by atoms with Crippen molar-refractivity contribution < 1.29 is 13.5 Å². The molecular formula is C12H14N2O3S. The molecule has 18 heavy (non-hydrogen) atoms. The second kappa shape index (κ2) is 4.38. The Morgan fingerprint density at radius 3 is 2.56 bits per heavy atom. The van der Waals surface area contributed by atoms with Crippen molar-refractivity contribution in [3.63, 3.8) is 0 Å². The lowest BCUT2D eigenvalue weighted by molar-refractivity contribution is 0.471. The zero-order valence-corrected chi connectivity index (χ0v) is 10.9. The fourth-order valence-corrected chi connectivity index (χ4v) is 2.89. The number of hydrogen-bond acceptors (Lipinski definition) is 3. The standard InChI is InChI=1S/C12H14N2O3S/c1-9-8-10(5-6-11(9)15)13-18(16,17)12-4-3-7-14(12)2/h3-8,13,15H,1-2H3. The molecule has 0 amide bonds. The lowest BCUT2D eigenvalue weighted by Crippen LogP contribution is -2.15. The van der Waals surface area contributed by atoms with E-state index in [1.54, 1.807) is 32.3 Å². The molecule has 2 aromatic rings. The van der Waals surface area contributed by atoms with E-state index < -0.39 is 10.0 Å². The van der Waals surface area contributed by atoms with Gasteiger partial charge in [-0.2, -0.15) is 8.42 Å². The summed E-state index contributed by atoms with van der Waals surface area (Å²) in [6.45, 7) is 1.70. The Labute approximate surface area is 106 Å². The van der Waals surface area contributed by atoms with Crippen LogP contribution in [0.15, 0.2) is 41.6 Å². The molecular weight excluding hydrogens is 252 g/mol. The molecule has 0 aliphatic carbocycles. The summed E-state index contributed by atoms with van der Waals surface area (Å²) in [7, 11) is -1.94. The number of rotatable bonds is 3. The molecule has 0 saturated heterocycles. The third-order valence-electron chi connectivity index (χ3n) is 2.62. The first kappa shape index (κ1) is 12.5. The predicted molar refractivity (Wildman–Crippen MR) is 69.1 cm³/mol. The Hall–Kier alpha value is -1.95. The molecule has 1 aromatic carbocycles. The smallest absolute Gasteiger partial charge is 0.277 e. The lowest BCUT2D eigenvalue weighted by Gasteiger charge is -2.09. The number of aromatic hydroxyl groups is 1. The summed E-state index contributed by atoms with van der Waals surface area (Å²) in [4.78, 5) is 0. The van der Waals surface area contributed by atoms with E-state index in [-0.39, 0.29) is 10.8 Å². The molecule has 1 aromatic heterocycles. The monoisotopic (exact) mass is 266 g/mol. The van der Waals surface area contributed by atoms with Gasteiger partial charge in [-0.05, 0) is 42.8 Å². The van der Waals surface area contributed by atoms with Crippen LogP contribution >= 0.6 is 0 Å². The van der Waals surface area contributed by atoms with Crippen LogP contribution < -0.4 is 4.72 Å². The molecule has 0 fully saturated rings. The van der Waals surface area contributed by atoms with Crippen molar-refractivity contribution in [1.29, 1.82) is 0 Å². The van der Waals surface area contributed by atoms with E-state index in [9.17, 15) is 13.5 Å². The molecule has 0 bridgehead atoms. The second-order valence-electron chi connectivity index (χ2n) is 4.06. The average Bonchev–Trinajstić information content (AvgIpc) is 2.70. The van der Waals surface area contributed by atoms with Crippen molar-refractivity contribution in [2.45, 2.75) is 11.9 Å². The number of hydrogen-bond donors (Lipinski definition) is 2. The number of aryl methyl sites for hydroxylation is 2. The number of aromatic nitrogens is 1. The molecule has 0 saturated carbocycles. The Kier molecular flexibility index (Phi) is 3.04. The number of anilines is 1. The highest BCUT2D eigenvalue weighted by molar-refractivity contribution is 7.92. The largest absolute Gasteiger partial charge is 0.508 e. The van der Waals surface area contributed by atoms with E-state index in [0.717, 1.165) is 0 Å². The van der Waals surface area contributed by atoms with Crippen molar-refractivity contribution in [1.82, 2.24) is 4.57 Å². The summed E-state index contributed by atoms with van der Waals surface area (Å²) in [5.41, 5.74) is 1.04. The zero-order chi connectivity index (χ0) is 13.3. The minimum absolute atomic E-state index is 0.136. The van der Waals surface area contributed by atoms with Crippen molar-refractivity contribution in [3.8, 4) is 5.75 Å². The van der Waals surface area contributed by atoms with Gasteiger partial charge >= 0.3 is 0 Å². The maximum Gasteiger partial charge on any atom is 0.277 e. The van der Waals surface area contributed by atoms with E-state index in [4.69, 9.17) is 0 Å². The molecule has 1 heterocycles. The minimum Gasteiger partial charge on any atom is -0.508 e. The van der Waals surface area contributed by atoms with Crippen LogP contribution in [0.4, 0.5) is 5.69 Å². The summed E-state index contributed by atoms with van der Waals surface area (Å²) in [6.07, 6.45) is 1.66. The van der Waals surface area contributed by atoms with Crippen LogP contribution in [-0.2, 0) is 17.1 Å². The normalized spacial score (nSPS) is 11.4. The molecule has 0 spiro atoms. The number of nitrogens with zero attached hydrogens (tertiary/aromatic N) is 1. The maximum absolute atomic E-state index is 12.1. The Balaban J connectivity index is 2.34. The second-order valence-corrected chi connectivity index (χ2v) is 5.69. The number of phenolic OH excluding ortho intramolecular Hbond substituents is 1. The van der Waals surface area contributed by atoms with Gasteiger partial charge in [-0.25, -0.2) is 0 Å². The molecule has 0 aliphatic rings. The van der Waals surface area contributed by atoms with Crippen LogP contribution in [0.3, 0.4) is 0 Å². The molecule has 0 unspecified atom stereocenters. The van der Waals surface area contributed by atoms with Crippen LogP contribution in [0, 0.1) is 6.92 Å². The third-order valence-corrected chi connectivity index (χ3v) is 4.10. The summed E-state index contributed by atoms with van der Waals surface area (Å²) in [5.74, 6) is 0.136. The van der Waals surface area contributed by atoms with Gasteiger partial charge in [-0.1, -0.05) is 0 Å². The topological polar surface area (TPSA) is 71.3 Å². The van der Waals surface area contributed by atoms with Crippen LogP contribution in [0.2, 0.25) is 0 Å². The van der Waals surface area contributed by atoms with E-state index in [1.165, 1.54) is 22.8 Å². The number of benzene rings is 1.